The molecule has 0 aliphatic carbocycles. The van der Waals surface area contributed by atoms with E-state index < -0.39 is 12.0 Å². The minimum absolute atomic E-state index is 0.0682. The van der Waals surface area contributed by atoms with E-state index >= 15 is 0 Å². The van der Waals surface area contributed by atoms with Crippen molar-refractivity contribution in [2.24, 2.45) is 5.92 Å². The number of nitrogens with one attached hydrogen (secondary N) is 1. The zero-order valence-corrected chi connectivity index (χ0v) is 12.8. The van der Waals surface area contributed by atoms with Crippen LogP contribution in [-0.2, 0) is 16.0 Å². The van der Waals surface area contributed by atoms with Crippen LogP contribution >= 0.6 is 23.2 Å². The number of carbonyl (C=O) groups is 2. The fourth-order valence-electron chi connectivity index (χ4n) is 1.77. The van der Waals surface area contributed by atoms with E-state index in [-0.39, 0.29) is 18.2 Å². The number of halogens is 2. The molecule has 0 saturated carbocycles. The summed E-state index contributed by atoms with van der Waals surface area (Å²) < 4.78 is 0. The van der Waals surface area contributed by atoms with Gasteiger partial charge in [-0.1, -0.05) is 43.1 Å². The van der Waals surface area contributed by atoms with Crippen LogP contribution in [0.4, 0.5) is 0 Å². The second-order valence-corrected chi connectivity index (χ2v) is 5.83. The predicted molar refractivity (Wildman–Crippen MR) is 79.2 cm³/mol. The van der Waals surface area contributed by atoms with Crippen LogP contribution in [0, 0.1) is 5.92 Å². The topological polar surface area (TPSA) is 66.4 Å². The summed E-state index contributed by atoms with van der Waals surface area (Å²) >= 11 is 11.7. The molecule has 0 fully saturated rings. The average molecular weight is 318 g/mol. The van der Waals surface area contributed by atoms with Gasteiger partial charge in [-0.2, -0.15) is 0 Å². The van der Waals surface area contributed by atoms with E-state index in [0.717, 1.165) is 0 Å². The summed E-state index contributed by atoms with van der Waals surface area (Å²) in [5, 5.41) is 12.4. The lowest BCUT2D eigenvalue weighted by Gasteiger charge is -2.16. The third-order valence-corrected chi connectivity index (χ3v) is 3.43. The third-order valence-electron chi connectivity index (χ3n) is 2.69. The Bertz CT molecular complexity index is 503. The Labute approximate surface area is 128 Å². The first-order chi connectivity index (χ1) is 9.29. The molecule has 1 atom stereocenters. The molecule has 1 rings (SSSR count). The monoisotopic (exact) mass is 317 g/mol. The van der Waals surface area contributed by atoms with Crippen LogP contribution in [0.15, 0.2) is 18.2 Å². The van der Waals surface area contributed by atoms with Gasteiger partial charge in [0.1, 0.15) is 6.04 Å². The number of carbonyl (C=O) groups excluding carboxylic acids is 1. The summed E-state index contributed by atoms with van der Waals surface area (Å²) in [6, 6.07) is 4.02. The molecule has 0 aliphatic rings. The molecule has 2 N–H and O–H groups in total. The first kappa shape index (κ1) is 16.8. The second-order valence-electron chi connectivity index (χ2n) is 5.01. The van der Waals surface area contributed by atoms with Gasteiger partial charge in [0.2, 0.25) is 5.91 Å². The van der Waals surface area contributed by atoms with E-state index in [2.05, 4.69) is 5.32 Å². The van der Waals surface area contributed by atoms with Crippen molar-refractivity contribution >= 4 is 35.1 Å². The molecule has 0 spiro atoms. The number of amides is 1. The van der Waals surface area contributed by atoms with Crippen molar-refractivity contribution in [1.82, 2.24) is 5.32 Å². The van der Waals surface area contributed by atoms with Crippen molar-refractivity contribution in [2.45, 2.75) is 32.7 Å². The van der Waals surface area contributed by atoms with Crippen LogP contribution in [0.3, 0.4) is 0 Å². The Morgan fingerprint density at radius 1 is 1.25 bits per heavy atom. The van der Waals surface area contributed by atoms with Gasteiger partial charge in [-0.25, -0.2) is 4.79 Å². The van der Waals surface area contributed by atoms with Gasteiger partial charge in [0.25, 0.3) is 0 Å². The minimum Gasteiger partial charge on any atom is -0.480 e. The molecule has 110 valence electrons. The standard InChI is InChI=1S/C14H17Cl2NO3/c1-8(2)5-12(14(19)20)17-13(18)7-9-3-4-10(15)11(16)6-9/h3-4,6,8,12H,5,7H2,1-2H3,(H,17,18)(H,19,20). The molecular formula is C14H17Cl2NO3. The molecule has 0 radical (unpaired) electrons. The number of carboxylic acid groups (broad SMARTS) is 1. The van der Waals surface area contributed by atoms with Gasteiger partial charge >= 0.3 is 5.97 Å². The molecule has 6 heteroatoms. The summed E-state index contributed by atoms with van der Waals surface area (Å²) in [7, 11) is 0. The molecular weight excluding hydrogens is 301 g/mol. The van der Waals surface area contributed by atoms with E-state index in [1.165, 1.54) is 0 Å². The molecule has 1 aromatic carbocycles. The van der Waals surface area contributed by atoms with E-state index in [9.17, 15) is 9.59 Å². The molecule has 4 nitrogen and oxygen atoms in total. The molecule has 1 amide bonds. The fraction of sp³-hybridized carbons (Fsp3) is 0.429. The molecule has 0 aliphatic heterocycles. The Kier molecular flexibility index (Phi) is 6.30. The largest absolute Gasteiger partial charge is 0.480 e. The molecule has 0 aromatic heterocycles. The van der Waals surface area contributed by atoms with E-state index in [0.29, 0.717) is 22.0 Å². The third kappa shape index (κ3) is 5.39. The number of aliphatic carboxylic acids is 1. The zero-order chi connectivity index (χ0) is 15.3. The van der Waals surface area contributed by atoms with Crippen LogP contribution in [0.1, 0.15) is 25.8 Å². The molecule has 1 unspecified atom stereocenters. The highest BCUT2D eigenvalue weighted by molar-refractivity contribution is 6.42. The van der Waals surface area contributed by atoms with Gasteiger partial charge < -0.3 is 10.4 Å². The predicted octanol–water partition coefficient (Wildman–Crippen LogP) is 3.15. The summed E-state index contributed by atoms with van der Waals surface area (Å²) in [5.74, 6) is -1.20. The Hall–Kier alpha value is -1.26. The number of rotatable bonds is 6. The number of hydrogen-bond acceptors (Lipinski definition) is 2. The Morgan fingerprint density at radius 3 is 2.40 bits per heavy atom. The van der Waals surface area contributed by atoms with Gasteiger partial charge in [-0.3, -0.25) is 4.79 Å². The van der Waals surface area contributed by atoms with Gasteiger partial charge in [-0.05, 0) is 30.0 Å². The highest BCUT2D eigenvalue weighted by atomic mass is 35.5. The van der Waals surface area contributed by atoms with E-state index in [1.807, 2.05) is 13.8 Å². The summed E-state index contributed by atoms with van der Waals surface area (Å²) in [4.78, 5) is 22.9. The van der Waals surface area contributed by atoms with Gasteiger partial charge in [0, 0.05) is 0 Å². The Balaban J connectivity index is 2.65. The van der Waals surface area contributed by atoms with Crippen LogP contribution in [0.25, 0.3) is 0 Å². The van der Waals surface area contributed by atoms with Crippen molar-refractivity contribution < 1.29 is 14.7 Å². The fourth-order valence-corrected chi connectivity index (χ4v) is 2.09. The first-order valence-corrected chi connectivity index (χ1v) is 7.01. The normalized spacial score (nSPS) is 12.2. The van der Waals surface area contributed by atoms with E-state index in [1.54, 1.807) is 18.2 Å². The quantitative estimate of drug-likeness (QED) is 0.847. The molecule has 20 heavy (non-hydrogen) atoms. The number of hydrogen-bond donors (Lipinski definition) is 2. The van der Waals surface area contributed by atoms with Gasteiger partial charge in [-0.15, -0.1) is 0 Å². The van der Waals surface area contributed by atoms with Crippen molar-refractivity contribution in [3.05, 3.63) is 33.8 Å². The maximum atomic E-state index is 11.9. The van der Waals surface area contributed by atoms with Crippen LogP contribution in [-0.4, -0.2) is 23.0 Å². The van der Waals surface area contributed by atoms with Crippen molar-refractivity contribution in [1.29, 1.82) is 0 Å². The second kappa shape index (κ2) is 7.50. The SMILES string of the molecule is CC(C)CC(NC(=O)Cc1ccc(Cl)c(Cl)c1)C(=O)O. The van der Waals surface area contributed by atoms with Crippen molar-refractivity contribution in [3.8, 4) is 0 Å². The first-order valence-electron chi connectivity index (χ1n) is 6.25. The highest BCUT2D eigenvalue weighted by Crippen LogP contribution is 2.22. The van der Waals surface area contributed by atoms with Crippen molar-refractivity contribution in [2.75, 3.05) is 0 Å². The lowest BCUT2D eigenvalue weighted by molar-refractivity contribution is -0.142. The summed E-state index contributed by atoms with van der Waals surface area (Å²) in [6.07, 6.45) is 0.460. The molecule has 0 bridgehead atoms. The smallest absolute Gasteiger partial charge is 0.326 e. The van der Waals surface area contributed by atoms with Crippen LogP contribution < -0.4 is 5.32 Å². The zero-order valence-electron chi connectivity index (χ0n) is 11.3. The van der Waals surface area contributed by atoms with Gasteiger partial charge in [0.05, 0.1) is 16.5 Å². The number of carboxylic acids is 1. The highest BCUT2D eigenvalue weighted by Gasteiger charge is 2.21. The summed E-state index contributed by atoms with van der Waals surface area (Å²) in [6.45, 7) is 3.81. The summed E-state index contributed by atoms with van der Waals surface area (Å²) in [5.41, 5.74) is 0.686. The lowest BCUT2D eigenvalue weighted by Crippen LogP contribution is -2.42. The minimum atomic E-state index is -1.03. The lowest BCUT2D eigenvalue weighted by atomic mass is 10.0. The van der Waals surface area contributed by atoms with Crippen LogP contribution in [0.5, 0.6) is 0 Å². The molecule has 0 heterocycles. The van der Waals surface area contributed by atoms with Gasteiger partial charge in [0.15, 0.2) is 0 Å². The molecule has 1 aromatic rings. The van der Waals surface area contributed by atoms with E-state index in [4.69, 9.17) is 28.3 Å². The maximum absolute atomic E-state index is 11.9. The Morgan fingerprint density at radius 2 is 1.90 bits per heavy atom. The van der Waals surface area contributed by atoms with Crippen LogP contribution in [0.2, 0.25) is 10.0 Å². The maximum Gasteiger partial charge on any atom is 0.326 e. The average Bonchev–Trinajstić information content (AvgIpc) is 2.32. The van der Waals surface area contributed by atoms with Crippen molar-refractivity contribution in [3.63, 3.8) is 0 Å². The molecule has 0 saturated heterocycles. The number of benzene rings is 1.